The average molecular weight is 463 g/mol. The fourth-order valence-electron chi connectivity index (χ4n) is 1.95. The second kappa shape index (κ2) is 11.4. The van der Waals surface area contributed by atoms with Gasteiger partial charge in [-0.3, -0.25) is 0 Å². The average Bonchev–Trinajstić information content (AvgIpc) is 3.20. The highest BCUT2D eigenvalue weighted by molar-refractivity contribution is 14.0. The minimum Gasteiger partial charge on any atom is -0.357 e. The van der Waals surface area contributed by atoms with Gasteiger partial charge in [0.2, 0.25) is 5.89 Å². The third-order valence-corrected chi connectivity index (χ3v) is 4.04. The number of hydrogen-bond donors (Lipinski definition) is 2. The number of thiophene rings is 1. The van der Waals surface area contributed by atoms with Crippen LogP contribution in [0, 0.1) is 0 Å². The minimum absolute atomic E-state index is 0. The van der Waals surface area contributed by atoms with Gasteiger partial charge < -0.3 is 15.2 Å². The van der Waals surface area contributed by atoms with Gasteiger partial charge in [0, 0.05) is 30.3 Å². The van der Waals surface area contributed by atoms with Gasteiger partial charge in [-0.15, -0.1) is 35.3 Å². The lowest BCUT2D eigenvalue weighted by Gasteiger charge is -2.10. The highest BCUT2D eigenvalue weighted by atomic mass is 127. The Labute approximate surface area is 164 Å². The van der Waals surface area contributed by atoms with E-state index in [0.29, 0.717) is 18.4 Å². The van der Waals surface area contributed by atoms with Crippen LogP contribution in [0.1, 0.15) is 49.7 Å². The molecule has 24 heavy (non-hydrogen) atoms. The molecule has 0 unspecified atom stereocenters. The SMILES string of the molecule is CCNC(=NCc1cccs1)NCCCc1nc(C(C)C)no1.I. The second-order valence-corrected chi connectivity index (χ2v) is 6.54. The third-order valence-electron chi connectivity index (χ3n) is 3.18. The third kappa shape index (κ3) is 7.16. The van der Waals surface area contributed by atoms with E-state index >= 15 is 0 Å². The molecule has 0 bridgehead atoms. The van der Waals surface area contributed by atoms with Crippen molar-refractivity contribution in [2.45, 2.75) is 46.1 Å². The van der Waals surface area contributed by atoms with Crippen LogP contribution < -0.4 is 10.6 Å². The molecule has 0 aliphatic rings. The van der Waals surface area contributed by atoms with Crippen LogP contribution in [0.15, 0.2) is 27.0 Å². The van der Waals surface area contributed by atoms with Crippen molar-refractivity contribution in [3.05, 3.63) is 34.1 Å². The predicted octanol–water partition coefficient (Wildman–Crippen LogP) is 3.56. The van der Waals surface area contributed by atoms with Crippen LogP contribution >= 0.6 is 35.3 Å². The summed E-state index contributed by atoms with van der Waals surface area (Å²) in [5.41, 5.74) is 0. The first-order valence-corrected chi connectivity index (χ1v) is 8.94. The number of aliphatic imine (C=N–C) groups is 1. The molecular formula is C16H26IN5OS. The molecule has 0 amide bonds. The summed E-state index contributed by atoms with van der Waals surface area (Å²) < 4.78 is 5.24. The molecule has 0 aliphatic heterocycles. The number of rotatable bonds is 8. The number of nitrogens with zero attached hydrogens (tertiary/aromatic N) is 3. The fourth-order valence-corrected chi connectivity index (χ4v) is 2.58. The van der Waals surface area contributed by atoms with Crippen LogP contribution in [0.4, 0.5) is 0 Å². The van der Waals surface area contributed by atoms with Gasteiger partial charge >= 0.3 is 0 Å². The van der Waals surface area contributed by atoms with E-state index in [4.69, 9.17) is 4.52 Å². The molecule has 0 aliphatic carbocycles. The van der Waals surface area contributed by atoms with Crippen molar-refractivity contribution in [3.8, 4) is 0 Å². The molecule has 2 aromatic rings. The van der Waals surface area contributed by atoms with Crippen molar-refractivity contribution < 1.29 is 4.52 Å². The summed E-state index contributed by atoms with van der Waals surface area (Å²) in [5, 5.41) is 12.6. The number of hydrogen-bond acceptors (Lipinski definition) is 5. The van der Waals surface area contributed by atoms with E-state index in [-0.39, 0.29) is 24.0 Å². The van der Waals surface area contributed by atoms with Crippen molar-refractivity contribution in [3.63, 3.8) is 0 Å². The Kier molecular flexibility index (Phi) is 9.92. The molecule has 2 heterocycles. The quantitative estimate of drug-likeness (QED) is 0.271. The lowest BCUT2D eigenvalue weighted by Crippen LogP contribution is -2.37. The molecule has 0 atom stereocenters. The first-order chi connectivity index (χ1) is 11.2. The van der Waals surface area contributed by atoms with E-state index in [1.807, 2.05) is 6.07 Å². The van der Waals surface area contributed by atoms with Crippen molar-refractivity contribution in [2.24, 2.45) is 4.99 Å². The Balaban J connectivity index is 0.00000288. The predicted molar refractivity (Wildman–Crippen MR) is 109 cm³/mol. The molecule has 0 saturated heterocycles. The normalized spacial score (nSPS) is 11.4. The Bertz CT molecular complexity index is 597. The van der Waals surface area contributed by atoms with E-state index in [0.717, 1.165) is 37.7 Å². The van der Waals surface area contributed by atoms with Gasteiger partial charge in [-0.05, 0) is 24.8 Å². The van der Waals surface area contributed by atoms with E-state index in [9.17, 15) is 0 Å². The highest BCUT2D eigenvalue weighted by Crippen LogP contribution is 2.10. The van der Waals surface area contributed by atoms with Gasteiger partial charge in [0.05, 0.1) is 6.54 Å². The van der Waals surface area contributed by atoms with E-state index in [1.165, 1.54) is 4.88 Å². The Hall–Kier alpha value is -1.16. The van der Waals surface area contributed by atoms with Gasteiger partial charge in [0.1, 0.15) is 0 Å². The summed E-state index contributed by atoms with van der Waals surface area (Å²) in [5.74, 6) is 2.62. The van der Waals surface area contributed by atoms with Gasteiger partial charge in [-0.2, -0.15) is 4.98 Å². The summed E-state index contributed by atoms with van der Waals surface area (Å²) in [6, 6.07) is 4.14. The first-order valence-electron chi connectivity index (χ1n) is 8.06. The molecular weight excluding hydrogens is 437 g/mol. The lowest BCUT2D eigenvalue weighted by atomic mass is 10.2. The van der Waals surface area contributed by atoms with E-state index < -0.39 is 0 Å². The summed E-state index contributed by atoms with van der Waals surface area (Å²) in [6.07, 6.45) is 1.69. The largest absolute Gasteiger partial charge is 0.357 e. The molecule has 2 rings (SSSR count). The second-order valence-electron chi connectivity index (χ2n) is 5.51. The van der Waals surface area contributed by atoms with Gasteiger partial charge in [0.15, 0.2) is 11.8 Å². The lowest BCUT2D eigenvalue weighted by molar-refractivity contribution is 0.368. The minimum atomic E-state index is 0. The highest BCUT2D eigenvalue weighted by Gasteiger charge is 2.09. The standard InChI is InChI=1S/C16H25N5OS.HI/c1-4-17-16(19-11-13-7-6-10-23-13)18-9-5-8-14-20-15(12(2)3)21-22-14;/h6-7,10,12H,4-5,8-9,11H2,1-3H3,(H2,17,18,19);1H. The van der Waals surface area contributed by atoms with Crippen molar-refractivity contribution in [1.29, 1.82) is 0 Å². The van der Waals surface area contributed by atoms with Crippen molar-refractivity contribution in [2.75, 3.05) is 13.1 Å². The monoisotopic (exact) mass is 463 g/mol. The van der Waals surface area contributed by atoms with Crippen molar-refractivity contribution in [1.82, 2.24) is 20.8 Å². The molecule has 2 aromatic heterocycles. The molecule has 0 radical (unpaired) electrons. The zero-order chi connectivity index (χ0) is 16.5. The molecule has 8 heteroatoms. The van der Waals surface area contributed by atoms with Crippen LogP contribution in [0.25, 0.3) is 0 Å². The van der Waals surface area contributed by atoms with Crippen LogP contribution in [0.5, 0.6) is 0 Å². The fraction of sp³-hybridized carbons (Fsp3) is 0.562. The molecule has 0 spiro atoms. The summed E-state index contributed by atoms with van der Waals surface area (Å²) in [4.78, 5) is 10.2. The van der Waals surface area contributed by atoms with Crippen LogP contribution in [-0.4, -0.2) is 29.2 Å². The number of guanidine groups is 1. The first kappa shape index (κ1) is 20.9. The summed E-state index contributed by atoms with van der Waals surface area (Å²) in [7, 11) is 0. The number of aromatic nitrogens is 2. The topological polar surface area (TPSA) is 75.3 Å². The van der Waals surface area contributed by atoms with Crippen molar-refractivity contribution >= 4 is 41.3 Å². The Morgan fingerprint density at radius 1 is 1.38 bits per heavy atom. The molecule has 2 N–H and O–H groups in total. The zero-order valence-corrected chi connectivity index (χ0v) is 17.6. The summed E-state index contributed by atoms with van der Waals surface area (Å²) >= 11 is 1.72. The summed E-state index contributed by atoms with van der Waals surface area (Å²) in [6.45, 7) is 8.54. The molecule has 6 nitrogen and oxygen atoms in total. The Morgan fingerprint density at radius 2 is 2.21 bits per heavy atom. The maximum Gasteiger partial charge on any atom is 0.226 e. The number of halogens is 1. The van der Waals surface area contributed by atoms with Crippen LogP contribution in [0.2, 0.25) is 0 Å². The zero-order valence-electron chi connectivity index (χ0n) is 14.4. The van der Waals surface area contributed by atoms with Gasteiger partial charge in [0.25, 0.3) is 0 Å². The van der Waals surface area contributed by atoms with E-state index in [2.05, 4.69) is 58.0 Å². The van der Waals surface area contributed by atoms with Crippen LogP contribution in [0.3, 0.4) is 0 Å². The molecule has 0 fully saturated rings. The maximum atomic E-state index is 5.24. The van der Waals surface area contributed by atoms with Crippen LogP contribution in [-0.2, 0) is 13.0 Å². The number of aryl methyl sites for hydroxylation is 1. The smallest absolute Gasteiger partial charge is 0.226 e. The van der Waals surface area contributed by atoms with Gasteiger partial charge in [-0.25, -0.2) is 4.99 Å². The molecule has 0 saturated carbocycles. The molecule has 0 aromatic carbocycles. The number of nitrogens with one attached hydrogen (secondary N) is 2. The molecule has 134 valence electrons. The maximum absolute atomic E-state index is 5.24. The van der Waals surface area contributed by atoms with E-state index in [1.54, 1.807) is 11.3 Å². The Morgan fingerprint density at radius 3 is 2.83 bits per heavy atom. The van der Waals surface area contributed by atoms with Gasteiger partial charge in [-0.1, -0.05) is 25.1 Å².